The third kappa shape index (κ3) is 4.69. The van der Waals surface area contributed by atoms with Gasteiger partial charge in [0, 0.05) is 41.6 Å². The van der Waals surface area contributed by atoms with Crippen LogP contribution in [-0.2, 0) is 11.2 Å². The number of ether oxygens (including phenoxy) is 2. The summed E-state index contributed by atoms with van der Waals surface area (Å²) >= 11 is 5.94. The zero-order chi connectivity index (χ0) is 21.8. The second kappa shape index (κ2) is 9.43. The first-order chi connectivity index (χ1) is 15.1. The van der Waals surface area contributed by atoms with Gasteiger partial charge in [0.1, 0.15) is 11.5 Å². The lowest BCUT2D eigenvalue weighted by molar-refractivity contribution is -0.132. The Hall–Kier alpha value is -2.99. The van der Waals surface area contributed by atoms with Crippen molar-refractivity contribution in [3.63, 3.8) is 0 Å². The highest BCUT2D eigenvalue weighted by Crippen LogP contribution is 2.39. The molecule has 7 heteroatoms. The number of aromatic nitrogens is 1. The zero-order valence-corrected chi connectivity index (χ0v) is 18.4. The van der Waals surface area contributed by atoms with Crippen LogP contribution < -0.4 is 9.47 Å². The second-order valence-corrected chi connectivity index (χ2v) is 7.91. The van der Waals surface area contributed by atoms with E-state index in [4.69, 9.17) is 25.5 Å². The number of carbonyl (C=O) groups excluding carboxylic acids is 1. The third-order valence-electron chi connectivity index (χ3n) is 5.61. The van der Waals surface area contributed by atoms with Gasteiger partial charge in [0.2, 0.25) is 5.91 Å². The summed E-state index contributed by atoms with van der Waals surface area (Å²) in [6, 6.07) is 13.1. The summed E-state index contributed by atoms with van der Waals surface area (Å²) in [5.41, 5.74) is 1.91. The Morgan fingerprint density at radius 2 is 2.00 bits per heavy atom. The highest BCUT2D eigenvalue weighted by Gasteiger charge is 2.31. The molecule has 2 heterocycles. The van der Waals surface area contributed by atoms with Crippen molar-refractivity contribution < 1.29 is 18.7 Å². The van der Waals surface area contributed by atoms with Gasteiger partial charge < -0.3 is 18.8 Å². The van der Waals surface area contributed by atoms with Gasteiger partial charge >= 0.3 is 0 Å². The summed E-state index contributed by atoms with van der Waals surface area (Å²) in [5.74, 6) is 2.78. The molecule has 3 aromatic rings. The van der Waals surface area contributed by atoms with Crippen molar-refractivity contribution in [2.24, 2.45) is 0 Å². The van der Waals surface area contributed by atoms with Crippen LogP contribution in [0, 0.1) is 0 Å². The number of hydrogen-bond donors (Lipinski definition) is 0. The number of nitrogens with zero attached hydrogens (tertiary/aromatic N) is 2. The van der Waals surface area contributed by atoms with Crippen LogP contribution in [0.4, 0.5) is 0 Å². The summed E-state index contributed by atoms with van der Waals surface area (Å²) in [4.78, 5) is 19.3. The number of halogens is 1. The van der Waals surface area contributed by atoms with E-state index in [-0.39, 0.29) is 11.9 Å². The minimum absolute atomic E-state index is 0.00236. The monoisotopic (exact) mass is 440 g/mol. The summed E-state index contributed by atoms with van der Waals surface area (Å²) in [6.07, 6.45) is 4.36. The van der Waals surface area contributed by atoms with Gasteiger partial charge in [-0.25, -0.2) is 4.98 Å². The van der Waals surface area contributed by atoms with Crippen molar-refractivity contribution in [1.29, 1.82) is 0 Å². The first kappa shape index (κ1) is 21.2. The van der Waals surface area contributed by atoms with E-state index in [2.05, 4.69) is 4.98 Å². The Kier molecular flexibility index (Phi) is 6.47. The van der Waals surface area contributed by atoms with Crippen molar-refractivity contribution >= 4 is 17.5 Å². The van der Waals surface area contributed by atoms with Crippen LogP contribution in [0.2, 0.25) is 5.02 Å². The van der Waals surface area contributed by atoms with Crippen LogP contribution in [0.15, 0.2) is 53.1 Å². The molecule has 1 saturated heterocycles. The molecule has 0 N–H and O–H groups in total. The van der Waals surface area contributed by atoms with Crippen LogP contribution in [0.3, 0.4) is 0 Å². The number of carbonyl (C=O) groups is 1. The molecule has 0 unspecified atom stereocenters. The Bertz CT molecular complexity index is 1050. The fourth-order valence-corrected chi connectivity index (χ4v) is 4.14. The molecule has 1 aliphatic rings. The van der Waals surface area contributed by atoms with Gasteiger partial charge in [0.25, 0.3) is 0 Å². The van der Waals surface area contributed by atoms with E-state index < -0.39 is 0 Å². The maximum Gasteiger partial charge on any atom is 0.223 e. The minimum Gasteiger partial charge on any atom is -0.497 e. The molecule has 0 radical (unpaired) electrons. The molecule has 1 fully saturated rings. The molecule has 0 saturated carbocycles. The molecule has 4 rings (SSSR count). The van der Waals surface area contributed by atoms with Gasteiger partial charge in [0.15, 0.2) is 11.7 Å². The molecule has 162 valence electrons. The van der Waals surface area contributed by atoms with E-state index in [1.807, 2.05) is 47.4 Å². The predicted octanol–water partition coefficient (Wildman–Crippen LogP) is 5.31. The largest absolute Gasteiger partial charge is 0.497 e. The molecule has 1 amide bonds. The number of methoxy groups -OCH3 is 2. The molecular weight excluding hydrogens is 416 g/mol. The number of amides is 1. The third-order valence-corrected chi connectivity index (χ3v) is 5.86. The maximum atomic E-state index is 13.0. The molecule has 31 heavy (non-hydrogen) atoms. The molecule has 6 nitrogen and oxygen atoms in total. The number of hydrogen-bond acceptors (Lipinski definition) is 5. The zero-order valence-electron chi connectivity index (χ0n) is 17.6. The van der Waals surface area contributed by atoms with E-state index >= 15 is 0 Å². The lowest BCUT2D eigenvalue weighted by atomic mass is 10.0. The Morgan fingerprint density at radius 3 is 2.74 bits per heavy atom. The molecular formula is C24H25ClN2O4. The number of rotatable bonds is 7. The van der Waals surface area contributed by atoms with Gasteiger partial charge in [-0.1, -0.05) is 11.6 Å². The van der Waals surface area contributed by atoms with Gasteiger partial charge in [-0.3, -0.25) is 4.79 Å². The number of oxazole rings is 1. The molecule has 0 bridgehead atoms. The summed E-state index contributed by atoms with van der Waals surface area (Å²) in [6.45, 7) is 0.736. The maximum absolute atomic E-state index is 13.0. The molecule has 1 aromatic heterocycles. The highest BCUT2D eigenvalue weighted by atomic mass is 35.5. The van der Waals surface area contributed by atoms with E-state index in [1.54, 1.807) is 20.4 Å². The lowest BCUT2D eigenvalue weighted by Crippen LogP contribution is -2.31. The van der Waals surface area contributed by atoms with Crippen molar-refractivity contribution in [2.45, 2.75) is 31.7 Å². The fraction of sp³-hybridized carbons (Fsp3) is 0.333. The van der Waals surface area contributed by atoms with Crippen molar-refractivity contribution in [2.75, 3.05) is 20.8 Å². The molecule has 1 aliphatic heterocycles. The fourth-order valence-electron chi connectivity index (χ4n) is 4.01. The van der Waals surface area contributed by atoms with Gasteiger partial charge in [-0.05, 0) is 49.2 Å². The summed E-state index contributed by atoms with van der Waals surface area (Å²) < 4.78 is 16.7. The second-order valence-electron chi connectivity index (χ2n) is 7.48. The first-order valence-electron chi connectivity index (χ1n) is 10.3. The first-order valence-corrected chi connectivity index (χ1v) is 10.7. The average molecular weight is 441 g/mol. The van der Waals surface area contributed by atoms with E-state index in [9.17, 15) is 4.79 Å². The highest BCUT2D eigenvalue weighted by molar-refractivity contribution is 6.30. The normalized spacial score (nSPS) is 15.8. The summed E-state index contributed by atoms with van der Waals surface area (Å²) in [5, 5.41) is 0.669. The van der Waals surface area contributed by atoms with Crippen molar-refractivity contribution in [1.82, 2.24) is 9.88 Å². The van der Waals surface area contributed by atoms with Crippen LogP contribution in [0.25, 0.3) is 11.3 Å². The van der Waals surface area contributed by atoms with Gasteiger partial charge in [0.05, 0.1) is 26.5 Å². The molecule has 2 aromatic carbocycles. The SMILES string of the molecule is COc1ccc([C@H]2CCCN2C(=O)CCc2ncc(-c3ccc(Cl)cc3)o2)c(OC)c1. The smallest absolute Gasteiger partial charge is 0.223 e. The van der Waals surface area contributed by atoms with Crippen LogP contribution >= 0.6 is 11.6 Å². The molecule has 0 spiro atoms. The van der Waals surface area contributed by atoms with Gasteiger partial charge in [-0.2, -0.15) is 0 Å². The Balaban J connectivity index is 1.42. The van der Waals surface area contributed by atoms with E-state index in [0.717, 1.165) is 42.0 Å². The van der Waals surface area contributed by atoms with Crippen molar-refractivity contribution in [3.8, 4) is 22.8 Å². The number of benzene rings is 2. The lowest BCUT2D eigenvalue weighted by Gasteiger charge is -2.26. The van der Waals surface area contributed by atoms with Gasteiger partial charge in [-0.15, -0.1) is 0 Å². The quantitative estimate of drug-likeness (QED) is 0.498. The van der Waals surface area contributed by atoms with Crippen LogP contribution in [0.5, 0.6) is 11.5 Å². The van der Waals surface area contributed by atoms with E-state index in [0.29, 0.717) is 29.5 Å². The number of aryl methyl sites for hydroxylation is 1. The standard InChI is InChI=1S/C24H25ClN2O4/c1-29-18-9-10-19(21(14-18)30-2)20-4-3-13-27(20)24(28)12-11-23-26-15-22(31-23)16-5-7-17(25)8-6-16/h5-10,14-15,20H,3-4,11-13H2,1-2H3/t20-/m1/s1. The van der Waals surface area contributed by atoms with Crippen molar-refractivity contribution in [3.05, 3.63) is 65.1 Å². The van der Waals surface area contributed by atoms with E-state index in [1.165, 1.54) is 0 Å². The molecule has 1 atom stereocenters. The van der Waals surface area contributed by atoms with Crippen LogP contribution in [-0.4, -0.2) is 36.6 Å². The minimum atomic E-state index is 0.00236. The number of likely N-dealkylation sites (tertiary alicyclic amines) is 1. The Morgan fingerprint density at radius 1 is 1.19 bits per heavy atom. The average Bonchev–Trinajstić information content (AvgIpc) is 3.47. The summed E-state index contributed by atoms with van der Waals surface area (Å²) in [7, 11) is 3.26. The molecule has 0 aliphatic carbocycles. The van der Waals surface area contributed by atoms with Crippen LogP contribution in [0.1, 0.15) is 36.8 Å². The topological polar surface area (TPSA) is 64.8 Å². The predicted molar refractivity (Wildman–Crippen MR) is 119 cm³/mol. The Labute approximate surface area is 186 Å².